The minimum atomic E-state index is -0.388. The normalized spacial score (nSPS) is 18.9. The van der Waals surface area contributed by atoms with E-state index in [1.807, 2.05) is 39.3 Å². The van der Waals surface area contributed by atoms with Gasteiger partial charge in [-0.3, -0.25) is 19.5 Å². The summed E-state index contributed by atoms with van der Waals surface area (Å²) in [4.78, 5) is 39.0. The zero-order chi connectivity index (χ0) is 28.0. The number of likely N-dealkylation sites (tertiary alicyclic amines) is 2. The first-order valence-corrected chi connectivity index (χ1v) is 14.8. The average molecular weight is 575 g/mol. The number of aromatic nitrogens is 1. The second kappa shape index (κ2) is 13.4. The third-order valence-electron chi connectivity index (χ3n) is 8.43. The van der Waals surface area contributed by atoms with Crippen molar-refractivity contribution in [1.29, 1.82) is 0 Å². The first-order chi connectivity index (χ1) is 18.7. The van der Waals surface area contributed by atoms with Crippen LogP contribution in [0.3, 0.4) is 0 Å². The molecule has 0 bridgehead atoms. The number of hydrogen-bond donors (Lipinski definition) is 0. The molecule has 2 aliphatic rings. The molecule has 7 nitrogen and oxygen atoms in total. The van der Waals surface area contributed by atoms with Crippen molar-refractivity contribution in [2.75, 3.05) is 60.4 Å². The van der Waals surface area contributed by atoms with E-state index in [0.717, 1.165) is 57.5 Å². The van der Waals surface area contributed by atoms with Crippen LogP contribution in [0.25, 0.3) is 0 Å². The van der Waals surface area contributed by atoms with Gasteiger partial charge in [-0.15, -0.1) is 0 Å². The molecule has 4 rings (SSSR count). The van der Waals surface area contributed by atoms with Crippen molar-refractivity contribution in [3.05, 3.63) is 63.9 Å². The molecular weight excluding hydrogens is 533 g/mol. The molecule has 9 heteroatoms. The lowest BCUT2D eigenvalue weighted by molar-refractivity contribution is -0.147. The first kappa shape index (κ1) is 29.8. The van der Waals surface area contributed by atoms with E-state index in [1.165, 1.54) is 19.3 Å². The molecule has 0 saturated carbocycles. The van der Waals surface area contributed by atoms with Crippen LogP contribution in [0.5, 0.6) is 0 Å². The van der Waals surface area contributed by atoms with Crippen LogP contribution in [-0.4, -0.2) is 102 Å². The van der Waals surface area contributed by atoms with Crippen molar-refractivity contribution in [2.45, 2.75) is 50.0 Å². The Bertz CT molecular complexity index is 1120. The fraction of sp³-hybridized carbons (Fsp3) is 0.567. The fourth-order valence-electron chi connectivity index (χ4n) is 6.15. The van der Waals surface area contributed by atoms with E-state index in [1.54, 1.807) is 34.3 Å². The summed E-state index contributed by atoms with van der Waals surface area (Å²) < 4.78 is 0. The van der Waals surface area contributed by atoms with Crippen LogP contribution in [-0.2, 0) is 4.79 Å². The Morgan fingerprint density at radius 3 is 2.23 bits per heavy atom. The third kappa shape index (κ3) is 7.12. The molecule has 1 aromatic heterocycles. The van der Waals surface area contributed by atoms with Gasteiger partial charge in [0.15, 0.2) is 0 Å². The van der Waals surface area contributed by atoms with Gasteiger partial charge >= 0.3 is 0 Å². The van der Waals surface area contributed by atoms with Gasteiger partial charge in [-0.2, -0.15) is 0 Å². The minimum Gasteiger partial charge on any atom is -0.347 e. The molecule has 2 amide bonds. The van der Waals surface area contributed by atoms with E-state index in [-0.39, 0.29) is 23.3 Å². The smallest absolute Gasteiger partial charge is 0.253 e. The molecule has 1 atom stereocenters. The average Bonchev–Trinajstić information content (AvgIpc) is 2.97. The van der Waals surface area contributed by atoms with E-state index in [4.69, 9.17) is 23.2 Å². The van der Waals surface area contributed by atoms with Crippen LogP contribution < -0.4 is 0 Å². The molecule has 2 saturated heterocycles. The van der Waals surface area contributed by atoms with Crippen molar-refractivity contribution in [3.63, 3.8) is 0 Å². The monoisotopic (exact) mass is 573 g/mol. The first-order valence-electron chi connectivity index (χ1n) is 14.0. The third-order valence-corrected chi connectivity index (χ3v) is 9.16. The van der Waals surface area contributed by atoms with Gasteiger partial charge in [-0.05, 0) is 81.6 Å². The van der Waals surface area contributed by atoms with Crippen LogP contribution in [0, 0.1) is 0 Å². The highest BCUT2D eigenvalue weighted by Gasteiger charge is 2.47. The maximum absolute atomic E-state index is 13.4. The Kier molecular flexibility index (Phi) is 10.3. The van der Waals surface area contributed by atoms with Crippen LogP contribution in [0.15, 0.2) is 42.7 Å². The van der Waals surface area contributed by atoms with E-state index < -0.39 is 0 Å². The molecule has 1 aromatic carbocycles. The molecular formula is C30H41Cl2N5O2. The van der Waals surface area contributed by atoms with Crippen LogP contribution in [0.4, 0.5) is 0 Å². The van der Waals surface area contributed by atoms with Gasteiger partial charge in [0.2, 0.25) is 5.91 Å². The van der Waals surface area contributed by atoms with Crippen molar-refractivity contribution in [3.8, 4) is 0 Å². The summed E-state index contributed by atoms with van der Waals surface area (Å²) >= 11 is 12.6. The van der Waals surface area contributed by atoms with Gasteiger partial charge in [0.1, 0.15) is 5.54 Å². The van der Waals surface area contributed by atoms with Crippen LogP contribution in [0.1, 0.15) is 60.4 Å². The van der Waals surface area contributed by atoms with E-state index in [9.17, 15) is 9.59 Å². The lowest BCUT2D eigenvalue weighted by Gasteiger charge is -2.50. The Morgan fingerprint density at radius 1 is 0.949 bits per heavy atom. The standard InChI is InChI=1S/C30H41Cl2N5O2/c1-34(2)29(39)30(37-16-5-4-6-17-37)12-19-36(20-13-30)18-11-25(24-7-8-26(31)27(32)21-24)22-35(3)28(38)23-9-14-33-15-10-23/h7-10,14-15,21,25H,4-6,11-13,16-20,22H2,1-3H3. The maximum Gasteiger partial charge on any atom is 0.253 e. The highest BCUT2D eigenvalue weighted by atomic mass is 35.5. The number of likely N-dealkylation sites (N-methyl/N-ethyl adjacent to an activating group) is 2. The molecule has 1 unspecified atom stereocenters. The number of hydrogen-bond acceptors (Lipinski definition) is 5. The number of amides is 2. The molecule has 0 spiro atoms. The molecule has 3 heterocycles. The van der Waals surface area contributed by atoms with E-state index in [0.29, 0.717) is 22.2 Å². The summed E-state index contributed by atoms with van der Waals surface area (Å²) in [6.07, 6.45) is 9.43. The van der Waals surface area contributed by atoms with Crippen LogP contribution in [0.2, 0.25) is 10.0 Å². The lowest BCUT2D eigenvalue weighted by atomic mass is 9.82. The van der Waals surface area contributed by atoms with Gasteiger partial charge in [0.05, 0.1) is 10.0 Å². The molecule has 212 valence electrons. The van der Waals surface area contributed by atoms with E-state index in [2.05, 4.69) is 14.8 Å². The molecule has 2 aromatic rings. The van der Waals surface area contributed by atoms with E-state index >= 15 is 0 Å². The molecule has 39 heavy (non-hydrogen) atoms. The SMILES string of the molecule is CN(C)C(=O)C1(N2CCCCC2)CCN(CCC(CN(C)C(=O)c2ccncc2)c2ccc(Cl)c(Cl)c2)CC1. The summed E-state index contributed by atoms with van der Waals surface area (Å²) in [7, 11) is 5.60. The van der Waals surface area contributed by atoms with Crippen LogP contribution >= 0.6 is 23.2 Å². The predicted octanol–water partition coefficient (Wildman–Crippen LogP) is 5.04. The van der Waals surface area contributed by atoms with Crippen molar-refractivity contribution in [2.24, 2.45) is 0 Å². The molecule has 2 fully saturated rings. The summed E-state index contributed by atoms with van der Waals surface area (Å²) in [5.41, 5.74) is 1.30. The second-order valence-corrected chi connectivity index (χ2v) is 12.0. The van der Waals surface area contributed by atoms with Crippen molar-refractivity contribution < 1.29 is 9.59 Å². The zero-order valence-electron chi connectivity index (χ0n) is 23.4. The molecule has 2 aliphatic heterocycles. The zero-order valence-corrected chi connectivity index (χ0v) is 24.9. The summed E-state index contributed by atoms with van der Waals surface area (Å²) in [5, 5.41) is 1.05. The number of carbonyl (C=O) groups excluding carboxylic acids is 2. The Hall–Kier alpha value is -2.19. The highest BCUT2D eigenvalue weighted by Crippen LogP contribution is 2.34. The summed E-state index contributed by atoms with van der Waals surface area (Å²) in [6, 6.07) is 9.25. The summed E-state index contributed by atoms with van der Waals surface area (Å²) in [6.45, 7) is 5.23. The highest BCUT2D eigenvalue weighted by molar-refractivity contribution is 6.42. The Morgan fingerprint density at radius 2 is 1.62 bits per heavy atom. The maximum atomic E-state index is 13.4. The van der Waals surface area contributed by atoms with Gasteiger partial charge < -0.3 is 14.7 Å². The second-order valence-electron chi connectivity index (χ2n) is 11.2. The topological polar surface area (TPSA) is 60.0 Å². The number of pyridine rings is 1. The molecule has 0 radical (unpaired) electrons. The number of piperidine rings is 2. The number of halogens is 2. The Labute approximate surface area is 243 Å². The van der Waals surface area contributed by atoms with Crippen molar-refractivity contribution in [1.82, 2.24) is 24.6 Å². The fourth-order valence-corrected chi connectivity index (χ4v) is 6.45. The summed E-state index contributed by atoms with van der Waals surface area (Å²) in [5.74, 6) is 0.302. The van der Waals surface area contributed by atoms with Gasteiger partial charge in [0, 0.05) is 64.7 Å². The largest absolute Gasteiger partial charge is 0.347 e. The van der Waals surface area contributed by atoms with Crippen molar-refractivity contribution >= 4 is 35.0 Å². The quantitative estimate of drug-likeness (QED) is 0.420. The molecule has 0 N–H and O–H groups in total. The number of benzene rings is 1. The molecule has 0 aliphatic carbocycles. The van der Waals surface area contributed by atoms with Gasteiger partial charge in [-0.1, -0.05) is 35.7 Å². The van der Waals surface area contributed by atoms with Gasteiger partial charge in [-0.25, -0.2) is 0 Å². The van der Waals surface area contributed by atoms with Gasteiger partial charge in [0.25, 0.3) is 5.91 Å². The lowest BCUT2D eigenvalue weighted by Crippen LogP contribution is -2.64. The minimum absolute atomic E-state index is 0.0334. The number of rotatable bonds is 9. The number of carbonyl (C=O) groups is 2. The predicted molar refractivity (Wildman–Crippen MR) is 158 cm³/mol. The number of nitrogens with zero attached hydrogens (tertiary/aromatic N) is 5. The Balaban J connectivity index is 1.44.